The molecule has 1 fully saturated rings. The van der Waals surface area contributed by atoms with Crippen LogP contribution in [0, 0.1) is 5.92 Å². The van der Waals surface area contributed by atoms with Crippen LogP contribution in [-0.4, -0.2) is 31.2 Å². The Morgan fingerprint density at radius 1 is 1.21 bits per heavy atom. The van der Waals surface area contributed by atoms with Gasteiger partial charge in [-0.3, -0.25) is 9.69 Å². The largest absolute Gasteiger partial charge is 0.486 e. The number of nitrogens with zero attached hydrogens (tertiary/aromatic N) is 2. The molecule has 0 saturated heterocycles. The molecule has 1 aromatic carbocycles. The Bertz CT molecular complexity index is 778. The van der Waals surface area contributed by atoms with Crippen molar-refractivity contribution < 1.29 is 14.3 Å². The molecular weight excluding hydrogens is 328 g/mol. The topological polar surface area (TPSA) is 51.7 Å². The van der Waals surface area contributed by atoms with Crippen LogP contribution in [0.4, 0.5) is 5.82 Å². The van der Waals surface area contributed by atoms with Crippen molar-refractivity contribution in [1.82, 2.24) is 4.98 Å². The van der Waals surface area contributed by atoms with Crippen LogP contribution in [0.25, 0.3) is 0 Å². The van der Waals surface area contributed by atoms with Crippen LogP contribution < -0.4 is 14.4 Å². The number of hydrogen-bond donors (Lipinski definition) is 0. The highest BCUT2D eigenvalue weighted by Crippen LogP contribution is 2.50. The number of carbonyl (C=O) groups excluding carboxylic acids is 1. The van der Waals surface area contributed by atoms with Crippen LogP contribution in [0.5, 0.6) is 11.5 Å². The van der Waals surface area contributed by atoms with E-state index in [-0.39, 0.29) is 17.7 Å². The average Bonchev–Trinajstić information content (AvgIpc) is 3.41. The number of carbonyl (C=O) groups is 1. The highest BCUT2D eigenvalue weighted by atomic mass is 35.5. The zero-order valence-corrected chi connectivity index (χ0v) is 14.0. The molecule has 1 aliphatic heterocycles. The maximum Gasteiger partial charge on any atom is 0.231 e. The Morgan fingerprint density at radius 3 is 2.75 bits per heavy atom. The van der Waals surface area contributed by atoms with E-state index in [0.29, 0.717) is 24.1 Å². The number of pyridine rings is 1. The molecule has 5 nitrogen and oxygen atoms in total. The van der Waals surface area contributed by atoms with E-state index in [1.807, 2.05) is 18.2 Å². The second-order valence-electron chi connectivity index (χ2n) is 6.08. The molecule has 0 unspecified atom stereocenters. The first-order valence-electron chi connectivity index (χ1n) is 7.92. The third-order valence-corrected chi connectivity index (χ3v) is 4.71. The minimum Gasteiger partial charge on any atom is -0.486 e. The van der Waals surface area contributed by atoms with E-state index >= 15 is 0 Å². The van der Waals surface area contributed by atoms with E-state index in [2.05, 4.69) is 4.98 Å². The molecule has 6 heteroatoms. The zero-order valence-electron chi connectivity index (χ0n) is 13.2. The van der Waals surface area contributed by atoms with E-state index in [1.54, 1.807) is 30.3 Å². The lowest BCUT2D eigenvalue weighted by molar-refractivity contribution is -0.119. The summed E-state index contributed by atoms with van der Waals surface area (Å²) in [4.78, 5) is 18.5. The van der Waals surface area contributed by atoms with Crippen molar-refractivity contribution in [3.05, 3.63) is 47.1 Å². The number of fused-ring (bicyclic) bond motifs is 1. The van der Waals surface area contributed by atoms with Gasteiger partial charge < -0.3 is 9.47 Å². The molecule has 1 aliphatic carbocycles. The van der Waals surface area contributed by atoms with Gasteiger partial charge in [-0.2, -0.15) is 0 Å². The first kappa shape index (κ1) is 15.3. The maximum absolute atomic E-state index is 12.7. The van der Waals surface area contributed by atoms with Gasteiger partial charge in [0.1, 0.15) is 19.0 Å². The Labute approximate surface area is 145 Å². The molecule has 0 spiro atoms. The van der Waals surface area contributed by atoms with Crippen LogP contribution in [0.1, 0.15) is 17.9 Å². The number of rotatable bonds is 3. The second-order valence-corrected chi connectivity index (χ2v) is 6.52. The fourth-order valence-corrected chi connectivity index (χ4v) is 3.17. The van der Waals surface area contributed by atoms with Gasteiger partial charge in [-0.1, -0.05) is 17.7 Å². The van der Waals surface area contributed by atoms with Gasteiger partial charge in [0.25, 0.3) is 0 Å². The number of hydrogen-bond acceptors (Lipinski definition) is 4. The summed E-state index contributed by atoms with van der Waals surface area (Å²) in [6.45, 7) is 1.14. The van der Waals surface area contributed by atoms with Crippen LogP contribution in [0.3, 0.4) is 0 Å². The van der Waals surface area contributed by atoms with Gasteiger partial charge in [0.2, 0.25) is 5.91 Å². The molecule has 124 valence electrons. The van der Waals surface area contributed by atoms with Gasteiger partial charge in [0, 0.05) is 19.2 Å². The number of anilines is 1. The summed E-state index contributed by atoms with van der Waals surface area (Å²) in [6, 6.07) is 9.42. The van der Waals surface area contributed by atoms with Gasteiger partial charge in [-0.25, -0.2) is 4.98 Å². The Balaban J connectivity index is 1.47. The summed E-state index contributed by atoms with van der Waals surface area (Å²) in [5, 5.41) is 0.556. The summed E-state index contributed by atoms with van der Waals surface area (Å²) in [6.07, 6.45) is 2.39. The highest BCUT2D eigenvalue weighted by Gasteiger charge is 2.45. The van der Waals surface area contributed by atoms with E-state index in [9.17, 15) is 4.79 Å². The van der Waals surface area contributed by atoms with E-state index < -0.39 is 0 Å². The van der Waals surface area contributed by atoms with Crippen molar-refractivity contribution in [2.45, 2.75) is 12.3 Å². The maximum atomic E-state index is 12.7. The van der Waals surface area contributed by atoms with Crippen molar-refractivity contribution in [3.8, 4) is 11.5 Å². The predicted molar refractivity (Wildman–Crippen MR) is 90.9 cm³/mol. The van der Waals surface area contributed by atoms with E-state index in [4.69, 9.17) is 21.1 Å². The molecule has 2 aliphatic rings. The van der Waals surface area contributed by atoms with Crippen molar-refractivity contribution in [2.24, 2.45) is 5.92 Å². The Kier molecular flexibility index (Phi) is 3.81. The van der Waals surface area contributed by atoms with Crippen molar-refractivity contribution in [1.29, 1.82) is 0 Å². The molecule has 4 rings (SSSR count). The summed E-state index contributed by atoms with van der Waals surface area (Å²) in [5.74, 6) is 2.43. The van der Waals surface area contributed by atoms with Crippen molar-refractivity contribution in [3.63, 3.8) is 0 Å². The molecule has 1 amide bonds. The zero-order chi connectivity index (χ0) is 16.7. The minimum absolute atomic E-state index is 0.0185. The predicted octanol–water partition coefficient (Wildman–Crippen LogP) is 3.27. The Morgan fingerprint density at radius 2 is 2.00 bits per heavy atom. The third-order valence-electron chi connectivity index (χ3n) is 4.49. The molecular formula is C18H17ClN2O3. The van der Waals surface area contributed by atoms with E-state index in [0.717, 1.165) is 23.5 Å². The monoisotopic (exact) mass is 344 g/mol. The SMILES string of the molecule is CN(C(=O)[C@@H]1C[C@H]1c1ccc2c(c1)OCCO2)c1ccc(Cl)cn1. The van der Waals surface area contributed by atoms with Gasteiger partial charge >= 0.3 is 0 Å². The van der Waals surface area contributed by atoms with Crippen molar-refractivity contribution in [2.75, 3.05) is 25.2 Å². The standard InChI is InChI=1S/C18H17ClN2O3/c1-21(17-5-3-12(19)10-20-17)18(22)14-9-13(14)11-2-4-15-16(8-11)24-7-6-23-15/h2-5,8,10,13-14H,6-7,9H2,1H3/t13-,14+/m0/s1. The number of benzene rings is 1. The highest BCUT2D eigenvalue weighted by molar-refractivity contribution is 6.30. The average molecular weight is 345 g/mol. The van der Waals surface area contributed by atoms with Gasteiger partial charge in [-0.15, -0.1) is 0 Å². The minimum atomic E-state index is -0.0185. The summed E-state index contributed by atoms with van der Waals surface area (Å²) in [5.41, 5.74) is 1.12. The van der Waals surface area contributed by atoms with Crippen LogP contribution in [0.2, 0.25) is 5.02 Å². The Hall–Kier alpha value is -2.27. The molecule has 1 aromatic heterocycles. The molecule has 0 radical (unpaired) electrons. The molecule has 2 atom stereocenters. The third kappa shape index (κ3) is 2.80. The number of amides is 1. The molecule has 2 aromatic rings. The second kappa shape index (κ2) is 5.98. The molecule has 1 saturated carbocycles. The van der Waals surface area contributed by atoms with Crippen LogP contribution >= 0.6 is 11.6 Å². The van der Waals surface area contributed by atoms with Crippen LogP contribution in [0.15, 0.2) is 36.5 Å². The van der Waals surface area contributed by atoms with Crippen LogP contribution in [-0.2, 0) is 4.79 Å². The lowest BCUT2D eigenvalue weighted by Gasteiger charge is -2.19. The smallest absolute Gasteiger partial charge is 0.231 e. The molecule has 0 bridgehead atoms. The first-order chi connectivity index (χ1) is 11.6. The van der Waals surface area contributed by atoms with Gasteiger partial charge in [0.05, 0.1) is 5.02 Å². The lowest BCUT2D eigenvalue weighted by Crippen LogP contribution is -2.28. The number of halogens is 1. The molecule has 2 heterocycles. The molecule has 24 heavy (non-hydrogen) atoms. The summed E-state index contributed by atoms with van der Waals surface area (Å²) in [7, 11) is 1.75. The number of aromatic nitrogens is 1. The first-order valence-corrected chi connectivity index (χ1v) is 8.30. The van der Waals surface area contributed by atoms with Gasteiger partial charge in [0.15, 0.2) is 11.5 Å². The fourth-order valence-electron chi connectivity index (χ4n) is 3.05. The van der Waals surface area contributed by atoms with E-state index in [1.165, 1.54) is 0 Å². The lowest BCUT2D eigenvalue weighted by atomic mass is 10.1. The summed E-state index contributed by atoms with van der Waals surface area (Å²) >= 11 is 5.84. The fraction of sp³-hybridized carbons (Fsp3) is 0.333. The molecule has 0 N–H and O–H groups in total. The normalized spacial score (nSPS) is 21.2. The summed E-state index contributed by atoms with van der Waals surface area (Å²) < 4.78 is 11.2. The van der Waals surface area contributed by atoms with Crippen molar-refractivity contribution >= 4 is 23.3 Å². The quantitative estimate of drug-likeness (QED) is 0.857. The van der Waals surface area contributed by atoms with Gasteiger partial charge in [-0.05, 0) is 42.2 Å². The number of ether oxygens (including phenoxy) is 2.